The van der Waals surface area contributed by atoms with Crippen LogP contribution in [0.1, 0.15) is 35.6 Å². The summed E-state index contributed by atoms with van der Waals surface area (Å²) in [5.74, 6) is -3.45. The summed E-state index contributed by atoms with van der Waals surface area (Å²) in [6.07, 6.45) is 2.97. The van der Waals surface area contributed by atoms with E-state index >= 15 is 0 Å². The van der Waals surface area contributed by atoms with E-state index in [0.29, 0.717) is 22.6 Å². The number of halogens is 2. The number of nitrogens with zero attached hydrogens (tertiary/aromatic N) is 5. The molecule has 5 heterocycles. The van der Waals surface area contributed by atoms with Crippen molar-refractivity contribution in [2.24, 2.45) is 0 Å². The second-order valence-corrected chi connectivity index (χ2v) is 11.8. The van der Waals surface area contributed by atoms with Gasteiger partial charge < -0.3 is 15.0 Å². The van der Waals surface area contributed by atoms with E-state index < -0.39 is 26.4 Å². The molecule has 1 amide bonds. The van der Waals surface area contributed by atoms with Crippen molar-refractivity contribution >= 4 is 32.5 Å². The van der Waals surface area contributed by atoms with Gasteiger partial charge in [-0.2, -0.15) is 8.78 Å². The molecule has 0 saturated carbocycles. The SMILES string of the molecule is Cc1ncc(C(=O)NCc2cc3nc(-c4cccc(N5C[C@@H](C)O[C@@H](C)C5)n4)ccc3cn2)cc1S(=O)(=O)C(F)F. The van der Waals surface area contributed by atoms with Crippen LogP contribution < -0.4 is 10.2 Å². The Morgan fingerprint density at radius 2 is 1.78 bits per heavy atom. The van der Waals surface area contributed by atoms with E-state index in [9.17, 15) is 22.0 Å². The van der Waals surface area contributed by atoms with Crippen LogP contribution in [0.4, 0.5) is 14.6 Å². The summed E-state index contributed by atoms with van der Waals surface area (Å²) in [4.78, 5) is 32.0. The smallest absolute Gasteiger partial charge is 0.341 e. The van der Waals surface area contributed by atoms with E-state index in [-0.39, 0.29) is 30.0 Å². The number of hydrogen-bond donors (Lipinski definition) is 1. The van der Waals surface area contributed by atoms with Gasteiger partial charge in [-0.15, -0.1) is 0 Å². The Balaban J connectivity index is 1.34. The molecule has 0 spiro atoms. The topological polar surface area (TPSA) is 127 Å². The monoisotopic (exact) mass is 582 g/mol. The number of aromatic nitrogens is 4. The molecule has 1 aliphatic heterocycles. The first-order valence-corrected chi connectivity index (χ1v) is 14.5. The lowest BCUT2D eigenvalue weighted by molar-refractivity contribution is -0.00545. The maximum absolute atomic E-state index is 13.0. The average Bonchev–Trinajstić information content (AvgIpc) is 2.95. The van der Waals surface area contributed by atoms with Crippen molar-refractivity contribution in [3.8, 4) is 11.4 Å². The fraction of sp³-hybridized carbons (Fsp3) is 0.321. The Morgan fingerprint density at radius 3 is 2.51 bits per heavy atom. The van der Waals surface area contributed by atoms with Crippen LogP contribution in [0.15, 0.2) is 59.8 Å². The number of alkyl halides is 2. The standard InChI is InChI=1S/C28H28F2N6O4S/c1-16-14-36(15-17(2)40-16)26-6-4-5-22(35-26)23-8-7-19-11-32-21(10-24(19)34-23)13-33-27(37)20-9-25(18(3)31-12-20)41(38,39)28(29)30/h4-12,16-17,28H,13-15H2,1-3H3,(H,33,37)/t16-,17+. The minimum absolute atomic E-state index is 0.00732. The van der Waals surface area contributed by atoms with E-state index in [1.807, 2.05) is 44.2 Å². The fourth-order valence-corrected chi connectivity index (χ4v) is 5.65. The Hall–Kier alpha value is -4.10. The molecule has 10 nitrogen and oxygen atoms in total. The van der Waals surface area contributed by atoms with Gasteiger partial charge in [-0.05, 0) is 57.2 Å². The number of morpholine rings is 1. The highest BCUT2D eigenvalue weighted by Crippen LogP contribution is 2.25. The molecule has 13 heteroatoms. The molecule has 1 N–H and O–H groups in total. The van der Waals surface area contributed by atoms with Gasteiger partial charge in [-0.3, -0.25) is 14.8 Å². The Kier molecular flexibility index (Phi) is 7.91. The van der Waals surface area contributed by atoms with Crippen LogP contribution in [0.25, 0.3) is 22.3 Å². The second kappa shape index (κ2) is 11.4. The third-order valence-corrected chi connectivity index (χ3v) is 8.14. The van der Waals surface area contributed by atoms with Gasteiger partial charge >= 0.3 is 5.76 Å². The fourth-order valence-electron chi connectivity index (χ4n) is 4.70. The zero-order valence-corrected chi connectivity index (χ0v) is 23.4. The number of fused-ring (bicyclic) bond motifs is 1. The van der Waals surface area contributed by atoms with E-state index in [0.717, 1.165) is 36.6 Å². The summed E-state index contributed by atoms with van der Waals surface area (Å²) in [5.41, 5.74) is 2.25. The molecule has 2 atom stereocenters. The first kappa shape index (κ1) is 28.4. The lowest BCUT2D eigenvalue weighted by Crippen LogP contribution is -2.45. The van der Waals surface area contributed by atoms with Crippen molar-refractivity contribution in [3.05, 3.63) is 71.8 Å². The highest BCUT2D eigenvalue weighted by atomic mass is 32.2. The maximum Gasteiger partial charge on any atom is 0.341 e. The number of pyridine rings is 4. The van der Waals surface area contributed by atoms with Crippen LogP contribution >= 0.6 is 0 Å². The van der Waals surface area contributed by atoms with Gasteiger partial charge in [-0.1, -0.05) is 6.07 Å². The minimum Gasteiger partial charge on any atom is -0.372 e. The van der Waals surface area contributed by atoms with E-state index in [1.54, 1.807) is 12.3 Å². The maximum atomic E-state index is 13.0. The van der Waals surface area contributed by atoms with Crippen molar-refractivity contribution < 1.29 is 26.7 Å². The van der Waals surface area contributed by atoms with Gasteiger partial charge in [0.05, 0.1) is 57.5 Å². The number of aryl methyl sites for hydroxylation is 1. The predicted octanol–water partition coefficient (Wildman–Crippen LogP) is 3.94. The van der Waals surface area contributed by atoms with E-state index in [1.165, 1.54) is 6.92 Å². The number of sulfone groups is 1. The molecule has 0 radical (unpaired) electrons. The first-order valence-electron chi connectivity index (χ1n) is 12.9. The molecule has 1 saturated heterocycles. The van der Waals surface area contributed by atoms with Crippen molar-refractivity contribution in [2.45, 2.75) is 50.2 Å². The minimum atomic E-state index is -4.91. The predicted molar refractivity (Wildman–Crippen MR) is 148 cm³/mol. The van der Waals surface area contributed by atoms with E-state index in [2.05, 4.69) is 20.2 Å². The molecule has 5 rings (SSSR count). The second-order valence-electron chi connectivity index (χ2n) is 9.90. The molecule has 41 heavy (non-hydrogen) atoms. The zero-order valence-electron chi connectivity index (χ0n) is 22.6. The van der Waals surface area contributed by atoms with Gasteiger partial charge in [0.1, 0.15) is 5.82 Å². The Labute approximate surface area is 235 Å². The lowest BCUT2D eigenvalue weighted by atomic mass is 10.1. The molecule has 4 aromatic heterocycles. The molecule has 4 aromatic rings. The quantitative estimate of drug-likeness (QED) is 0.345. The van der Waals surface area contributed by atoms with E-state index in [4.69, 9.17) is 14.7 Å². The Morgan fingerprint density at radius 1 is 1.05 bits per heavy atom. The van der Waals surface area contributed by atoms with Crippen molar-refractivity contribution in [1.29, 1.82) is 0 Å². The van der Waals surface area contributed by atoms with Crippen LogP contribution in [-0.4, -0.2) is 65.3 Å². The number of carbonyl (C=O) groups excluding carboxylic acids is 1. The Bertz CT molecular complexity index is 1710. The summed E-state index contributed by atoms with van der Waals surface area (Å²) in [6, 6.07) is 12.2. The number of nitrogens with one attached hydrogen (secondary N) is 1. The van der Waals surface area contributed by atoms with Crippen LogP contribution in [0.5, 0.6) is 0 Å². The third kappa shape index (κ3) is 6.15. The van der Waals surface area contributed by atoms with Crippen LogP contribution in [0, 0.1) is 6.92 Å². The number of ether oxygens (including phenoxy) is 1. The van der Waals surface area contributed by atoms with Crippen molar-refractivity contribution in [3.63, 3.8) is 0 Å². The van der Waals surface area contributed by atoms with Gasteiger partial charge in [-0.25, -0.2) is 18.4 Å². The summed E-state index contributed by atoms with van der Waals surface area (Å²) in [6.45, 7) is 6.85. The number of hydrogen-bond acceptors (Lipinski definition) is 9. The highest BCUT2D eigenvalue weighted by molar-refractivity contribution is 7.91. The molecule has 0 bridgehead atoms. The summed E-state index contributed by atoms with van der Waals surface area (Å²) >= 11 is 0. The number of amides is 1. The van der Waals surface area contributed by atoms with Crippen LogP contribution in [0.2, 0.25) is 0 Å². The summed E-state index contributed by atoms with van der Waals surface area (Å²) < 4.78 is 55.8. The molecule has 0 aromatic carbocycles. The molecular formula is C28H28F2N6O4S. The largest absolute Gasteiger partial charge is 0.372 e. The third-order valence-electron chi connectivity index (χ3n) is 6.64. The molecule has 1 fully saturated rings. The molecule has 214 valence electrons. The molecule has 0 unspecified atom stereocenters. The van der Waals surface area contributed by atoms with Crippen LogP contribution in [0.3, 0.4) is 0 Å². The van der Waals surface area contributed by atoms with Crippen molar-refractivity contribution in [2.75, 3.05) is 18.0 Å². The molecule has 0 aliphatic carbocycles. The summed E-state index contributed by atoms with van der Waals surface area (Å²) in [5, 5.41) is 3.42. The summed E-state index contributed by atoms with van der Waals surface area (Å²) in [7, 11) is -4.91. The van der Waals surface area contributed by atoms with Gasteiger partial charge in [0.2, 0.25) is 9.84 Å². The highest BCUT2D eigenvalue weighted by Gasteiger charge is 2.30. The first-order chi connectivity index (χ1) is 19.5. The van der Waals surface area contributed by atoms with Gasteiger partial charge in [0.25, 0.3) is 5.91 Å². The normalized spacial score (nSPS) is 17.7. The van der Waals surface area contributed by atoms with Crippen LogP contribution in [-0.2, 0) is 21.1 Å². The number of carbonyl (C=O) groups is 1. The number of anilines is 1. The lowest BCUT2D eigenvalue weighted by Gasteiger charge is -2.36. The van der Waals surface area contributed by atoms with Crippen molar-refractivity contribution in [1.82, 2.24) is 25.3 Å². The molecule has 1 aliphatic rings. The number of rotatable bonds is 7. The average molecular weight is 583 g/mol. The van der Waals surface area contributed by atoms with Gasteiger partial charge in [0, 0.05) is 30.9 Å². The zero-order chi connectivity index (χ0) is 29.3. The molecular weight excluding hydrogens is 554 g/mol. The van der Waals surface area contributed by atoms with Gasteiger partial charge in [0.15, 0.2) is 0 Å².